The van der Waals surface area contributed by atoms with Crippen LogP contribution in [-0.2, 0) is 10.2 Å². The number of aromatic nitrogens is 1. The van der Waals surface area contributed by atoms with Crippen LogP contribution in [-0.4, -0.2) is 58.4 Å². The lowest BCUT2D eigenvalue weighted by atomic mass is 9.52. The number of hydrogen-bond donors (Lipinski definition) is 4. The van der Waals surface area contributed by atoms with Crippen molar-refractivity contribution in [3.05, 3.63) is 23.4 Å². The van der Waals surface area contributed by atoms with Gasteiger partial charge in [0.25, 0.3) is 5.91 Å². The molecule has 4 aliphatic carbocycles. The van der Waals surface area contributed by atoms with Crippen molar-refractivity contribution in [3.63, 3.8) is 0 Å². The van der Waals surface area contributed by atoms with Crippen molar-refractivity contribution >= 4 is 11.9 Å². The van der Waals surface area contributed by atoms with Crippen molar-refractivity contribution in [1.29, 1.82) is 0 Å². The third kappa shape index (κ3) is 4.42. The summed E-state index contributed by atoms with van der Waals surface area (Å²) in [5.74, 6) is 0.457. The Balaban J connectivity index is 1.40. The lowest BCUT2D eigenvalue weighted by Gasteiger charge is -2.58. The second-order valence-electron chi connectivity index (χ2n) is 11.2. The Bertz CT molecular complexity index is 928. The molecule has 1 aliphatic heterocycles. The van der Waals surface area contributed by atoms with Crippen LogP contribution < -0.4 is 15.4 Å². The third-order valence-electron chi connectivity index (χ3n) is 8.59. The van der Waals surface area contributed by atoms with E-state index in [0.29, 0.717) is 42.2 Å². The first-order valence-electron chi connectivity index (χ1n) is 12.9. The number of hydrogen-bond acceptors (Lipinski definition) is 6. The van der Waals surface area contributed by atoms with Crippen molar-refractivity contribution in [2.45, 2.75) is 81.8 Å². The van der Waals surface area contributed by atoms with Crippen LogP contribution in [0.25, 0.3) is 0 Å². The molecule has 4 N–H and O–H groups in total. The van der Waals surface area contributed by atoms with E-state index in [-0.39, 0.29) is 24.2 Å². The number of carbonyl (C=O) groups is 2. The summed E-state index contributed by atoms with van der Waals surface area (Å²) in [6, 6.07) is 3.64. The van der Waals surface area contributed by atoms with E-state index < -0.39 is 17.0 Å². The van der Waals surface area contributed by atoms with Crippen LogP contribution in [0.2, 0.25) is 0 Å². The number of nitrogens with zero attached hydrogens (tertiary/aromatic N) is 1. The molecule has 186 valence electrons. The number of carboxylic acid groups (broad SMARTS) is 1. The number of carbonyl (C=O) groups excluding carboxylic acids is 1. The van der Waals surface area contributed by atoms with E-state index in [1.807, 2.05) is 13.0 Å². The predicted molar refractivity (Wildman–Crippen MR) is 126 cm³/mol. The second-order valence-corrected chi connectivity index (χ2v) is 11.2. The molecule has 5 fully saturated rings. The number of rotatable bonds is 8. The quantitative estimate of drug-likeness (QED) is 0.460. The first-order valence-corrected chi connectivity index (χ1v) is 12.9. The average molecular weight is 472 g/mol. The largest absolute Gasteiger partial charge is 0.481 e. The van der Waals surface area contributed by atoms with Crippen LogP contribution in [0.1, 0.15) is 80.8 Å². The summed E-state index contributed by atoms with van der Waals surface area (Å²) in [6.45, 7) is 3.84. The van der Waals surface area contributed by atoms with Crippen LogP contribution in [0.4, 0.5) is 0 Å². The van der Waals surface area contributed by atoms with E-state index >= 15 is 0 Å². The highest BCUT2D eigenvalue weighted by Gasteiger charge is 2.55. The van der Waals surface area contributed by atoms with Gasteiger partial charge in [-0.15, -0.1) is 0 Å². The van der Waals surface area contributed by atoms with E-state index in [1.54, 1.807) is 6.07 Å². The normalized spacial score (nSPS) is 36.3. The molecule has 5 aliphatic rings. The maximum atomic E-state index is 13.4. The molecule has 2 heterocycles. The molecule has 34 heavy (non-hydrogen) atoms. The van der Waals surface area contributed by atoms with Gasteiger partial charge < -0.3 is 25.6 Å². The Hall–Kier alpha value is -2.19. The molecule has 3 atom stereocenters. The van der Waals surface area contributed by atoms with Gasteiger partial charge in [-0.2, -0.15) is 0 Å². The lowest BCUT2D eigenvalue weighted by Crippen LogP contribution is -2.61. The molecule has 6 rings (SSSR count). The van der Waals surface area contributed by atoms with Crippen molar-refractivity contribution in [1.82, 2.24) is 15.6 Å². The van der Waals surface area contributed by atoms with Gasteiger partial charge in [-0.25, -0.2) is 4.98 Å². The molecule has 0 spiro atoms. The minimum Gasteiger partial charge on any atom is -0.481 e. The molecular formula is C26H37N3O5. The van der Waals surface area contributed by atoms with Gasteiger partial charge >= 0.3 is 5.97 Å². The minimum atomic E-state index is -0.855. The molecule has 4 saturated carbocycles. The predicted octanol–water partition coefficient (Wildman–Crippen LogP) is 2.64. The molecule has 1 amide bonds. The molecule has 8 nitrogen and oxygen atoms in total. The zero-order chi connectivity index (χ0) is 23.9. The van der Waals surface area contributed by atoms with E-state index in [2.05, 4.69) is 10.6 Å². The number of carboxylic acids is 1. The van der Waals surface area contributed by atoms with Gasteiger partial charge in [0.05, 0.1) is 24.3 Å². The van der Waals surface area contributed by atoms with Gasteiger partial charge in [-0.05, 0) is 87.8 Å². The van der Waals surface area contributed by atoms with Crippen LogP contribution >= 0.6 is 0 Å². The molecule has 2 unspecified atom stereocenters. The summed E-state index contributed by atoms with van der Waals surface area (Å²) in [5, 5.41) is 27.0. The van der Waals surface area contributed by atoms with Crippen LogP contribution in [0.5, 0.6) is 5.88 Å². The fourth-order valence-electron chi connectivity index (χ4n) is 7.38. The Morgan fingerprint density at radius 1 is 1.24 bits per heavy atom. The summed E-state index contributed by atoms with van der Waals surface area (Å²) >= 11 is 0. The fourth-order valence-corrected chi connectivity index (χ4v) is 7.38. The highest BCUT2D eigenvalue weighted by atomic mass is 16.5. The third-order valence-corrected chi connectivity index (χ3v) is 8.59. The number of piperidine rings is 1. The molecule has 1 aromatic heterocycles. The zero-order valence-corrected chi connectivity index (χ0v) is 20.0. The van der Waals surface area contributed by atoms with Gasteiger partial charge in [0.1, 0.15) is 5.56 Å². The van der Waals surface area contributed by atoms with Gasteiger partial charge in [0.2, 0.25) is 5.88 Å². The van der Waals surface area contributed by atoms with Crippen molar-refractivity contribution in [2.24, 2.45) is 17.8 Å². The highest BCUT2D eigenvalue weighted by molar-refractivity contribution is 5.96. The smallest absolute Gasteiger partial charge is 0.304 e. The van der Waals surface area contributed by atoms with Crippen molar-refractivity contribution < 1.29 is 24.5 Å². The summed E-state index contributed by atoms with van der Waals surface area (Å²) in [6.07, 6.45) is 6.97. The summed E-state index contributed by atoms with van der Waals surface area (Å²) in [5.41, 5.74) is -0.0797. The monoisotopic (exact) mass is 471 g/mol. The highest BCUT2D eigenvalue weighted by Crippen LogP contribution is 2.55. The van der Waals surface area contributed by atoms with Gasteiger partial charge in [0.15, 0.2) is 0 Å². The molecule has 4 bridgehead atoms. The second kappa shape index (κ2) is 9.11. The Morgan fingerprint density at radius 3 is 2.62 bits per heavy atom. The lowest BCUT2D eigenvalue weighted by molar-refractivity contribution is -0.138. The topological polar surface area (TPSA) is 121 Å². The standard InChI is InChI=1S/C26H37N3O5/c1-2-8-34-24-19(4-5-20(28-24)25(14-21(30)31)6-3-7-27-15-25)23(32)29-22-17-9-16-10-18(22)13-26(33,11-16)12-17/h4-5,16-18,22,27,33H,2-3,6-15H2,1H3,(H,29,32)(H,30,31)/t16?,17?,18?,22-,25-,26+/m0/s1. The minimum absolute atomic E-state index is 0.0126. The molecular weight excluding hydrogens is 434 g/mol. The maximum Gasteiger partial charge on any atom is 0.304 e. The average Bonchev–Trinajstić information content (AvgIpc) is 2.79. The molecule has 8 heteroatoms. The molecule has 0 radical (unpaired) electrons. The van der Waals surface area contributed by atoms with Crippen molar-refractivity contribution in [3.8, 4) is 5.88 Å². The van der Waals surface area contributed by atoms with Crippen LogP contribution in [0.15, 0.2) is 12.1 Å². The first kappa shape index (κ1) is 23.5. The zero-order valence-electron chi connectivity index (χ0n) is 20.0. The SMILES string of the molecule is CCCOc1nc([C@]2(CC(=O)O)CCCNC2)ccc1C(=O)N[C@H]1C2CC3CC1C[C@@](O)(C3)C2. The molecule has 1 aromatic rings. The van der Waals surface area contributed by atoms with Gasteiger partial charge in [0, 0.05) is 18.0 Å². The number of ether oxygens (including phenoxy) is 1. The number of aliphatic hydroxyl groups is 1. The number of nitrogens with one attached hydrogen (secondary N) is 2. The Labute approximate surface area is 200 Å². The van der Waals surface area contributed by atoms with Gasteiger partial charge in [-0.3, -0.25) is 9.59 Å². The molecule has 0 aromatic carbocycles. The first-order chi connectivity index (χ1) is 16.3. The molecule has 1 saturated heterocycles. The Kier molecular flexibility index (Phi) is 6.31. The van der Waals surface area contributed by atoms with E-state index in [1.165, 1.54) is 0 Å². The summed E-state index contributed by atoms with van der Waals surface area (Å²) in [7, 11) is 0. The van der Waals surface area contributed by atoms with Crippen LogP contribution in [0, 0.1) is 17.8 Å². The summed E-state index contributed by atoms with van der Waals surface area (Å²) < 4.78 is 5.93. The van der Waals surface area contributed by atoms with Crippen LogP contribution in [0.3, 0.4) is 0 Å². The number of aliphatic carboxylic acids is 1. The number of amides is 1. The Morgan fingerprint density at radius 2 is 2.00 bits per heavy atom. The van der Waals surface area contributed by atoms with E-state index in [4.69, 9.17) is 9.72 Å². The van der Waals surface area contributed by atoms with E-state index in [0.717, 1.165) is 57.9 Å². The summed E-state index contributed by atoms with van der Waals surface area (Å²) in [4.78, 5) is 29.9. The van der Waals surface area contributed by atoms with Crippen molar-refractivity contribution in [2.75, 3.05) is 19.7 Å². The maximum absolute atomic E-state index is 13.4. The fraction of sp³-hybridized carbons (Fsp3) is 0.731. The van der Waals surface area contributed by atoms with Gasteiger partial charge in [-0.1, -0.05) is 6.92 Å². The van der Waals surface area contributed by atoms with E-state index in [9.17, 15) is 19.8 Å². The number of pyridine rings is 1.